The zero-order valence-electron chi connectivity index (χ0n) is 9.93. The van der Waals surface area contributed by atoms with Gasteiger partial charge in [0, 0.05) is 38.5 Å². The Hall–Kier alpha value is -0.870. The standard InChI is InChI=1S/C12H21N3O/c1-15-7-6-14-12(15)9-10(13)4-5-11-3-2-8-16-11/h6-7,10-11H,2-5,8-9,13H2,1H3. The van der Waals surface area contributed by atoms with E-state index in [0.717, 1.165) is 31.7 Å². The molecule has 1 aliphatic heterocycles. The zero-order valence-corrected chi connectivity index (χ0v) is 9.93. The van der Waals surface area contributed by atoms with Crippen LogP contribution in [-0.2, 0) is 18.2 Å². The molecule has 2 atom stereocenters. The summed E-state index contributed by atoms with van der Waals surface area (Å²) >= 11 is 0. The summed E-state index contributed by atoms with van der Waals surface area (Å²) in [6.07, 6.45) is 9.62. The van der Waals surface area contributed by atoms with E-state index in [0.29, 0.717) is 6.10 Å². The van der Waals surface area contributed by atoms with Crippen molar-refractivity contribution < 1.29 is 4.74 Å². The van der Waals surface area contributed by atoms with Crippen molar-refractivity contribution in [3.05, 3.63) is 18.2 Å². The molecule has 4 nitrogen and oxygen atoms in total. The second-order valence-electron chi connectivity index (χ2n) is 4.63. The fraction of sp³-hybridized carbons (Fsp3) is 0.750. The molecule has 1 fully saturated rings. The van der Waals surface area contributed by atoms with Crippen LogP contribution in [0, 0.1) is 0 Å². The van der Waals surface area contributed by atoms with Crippen LogP contribution in [-0.4, -0.2) is 28.3 Å². The lowest BCUT2D eigenvalue weighted by molar-refractivity contribution is 0.101. The predicted octanol–water partition coefficient (Wildman–Crippen LogP) is 1.25. The third-order valence-electron chi connectivity index (χ3n) is 3.25. The highest BCUT2D eigenvalue weighted by atomic mass is 16.5. The summed E-state index contributed by atoms with van der Waals surface area (Å²) in [5.74, 6) is 1.07. The number of hydrogen-bond acceptors (Lipinski definition) is 3. The van der Waals surface area contributed by atoms with Crippen molar-refractivity contribution in [3.8, 4) is 0 Å². The summed E-state index contributed by atoms with van der Waals surface area (Å²) in [6.45, 7) is 0.930. The van der Waals surface area contributed by atoms with Gasteiger partial charge in [-0.3, -0.25) is 0 Å². The Morgan fingerprint density at radius 1 is 1.69 bits per heavy atom. The first-order valence-corrected chi connectivity index (χ1v) is 6.09. The van der Waals surface area contributed by atoms with Gasteiger partial charge in [-0.15, -0.1) is 0 Å². The maximum atomic E-state index is 6.10. The number of aryl methyl sites for hydroxylation is 1. The van der Waals surface area contributed by atoms with Crippen molar-refractivity contribution >= 4 is 0 Å². The molecule has 1 saturated heterocycles. The largest absolute Gasteiger partial charge is 0.378 e. The molecule has 2 heterocycles. The Morgan fingerprint density at radius 2 is 2.56 bits per heavy atom. The van der Waals surface area contributed by atoms with Crippen LogP contribution in [0.1, 0.15) is 31.5 Å². The molecule has 2 N–H and O–H groups in total. The van der Waals surface area contributed by atoms with Gasteiger partial charge in [-0.1, -0.05) is 0 Å². The van der Waals surface area contributed by atoms with Gasteiger partial charge in [-0.2, -0.15) is 0 Å². The van der Waals surface area contributed by atoms with Crippen molar-refractivity contribution in [2.24, 2.45) is 12.8 Å². The van der Waals surface area contributed by atoms with Crippen molar-refractivity contribution in [3.63, 3.8) is 0 Å². The van der Waals surface area contributed by atoms with Crippen molar-refractivity contribution in [1.29, 1.82) is 0 Å². The van der Waals surface area contributed by atoms with E-state index in [1.54, 1.807) is 0 Å². The SMILES string of the molecule is Cn1ccnc1CC(N)CCC1CCCO1. The number of imidazole rings is 1. The van der Waals surface area contributed by atoms with E-state index < -0.39 is 0 Å². The molecule has 0 radical (unpaired) electrons. The van der Waals surface area contributed by atoms with Gasteiger partial charge >= 0.3 is 0 Å². The van der Waals surface area contributed by atoms with Crippen LogP contribution in [0.2, 0.25) is 0 Å². The molecule has 1 aromatic heterocycles. The lowest BCUT2D eigenvalue weighted by atomic mass is 10.0. The van der Waals surface area contributed by atoms with E-state index in [2.05, 4.69) is 4.98 Å². The van der Waals surface area contributed by atoms with E-state index in [9.17, 15) is 0 Å². The molecule has 2 rings (SSSR count). The van der Waals surface area contributed by atoms with Crippen molar-refractivity contribution in [1.82, 2.24) is 9.55 Å². The maximum Gasteiger partial charge on any atom is 0.109 e. The predicted molar refractivity (Wildman–Crippen MR) is 63.1 cm³/mol. The van der Waals surface area contributed by atoms with Gasteiger partial charge in [0.05, 0.1) is 6.10 Å². The summed E-state index contributed by atoms with van der Waals surface area (Å²) in [4.78, 5) is 4.29. The molecule has 0 aromatic carbocycles. The lowest BCUT2D eigenvalue weighted by Gasteiger charge is -2.14. The fourth-order valence-electron chi connectivity index (χ4n) is 2.20. The Balaban J connectivity index is 1.71. The van der Waals surface area contributed by atoms with Crippen molar-refractivity contribution in [2.45, 2.75) is 44.2 Å². The first-order valence-electron chi connectivity index (χ1n) is 6.09. The highest BCUT2D eigenvalue weighted by Gasteiger charge is 2.17. The Labute approximate surface area is 96.8 Å². The highest BCUT2D eigenvalue weighted by Crippen LogP contribution is 2.18. The van der Waals surface area contributed by atoms with Crippen LogP contribution in [0.15, 0.2) is 12.4 Å². The number of nitrogens with two attached hydrogens (primary N) is 1. The van der Waals surface area contributed by atoms with Gasteiger partial charge < -0.3 is 15.0 Å². The minimum atomic E-state index is 0.199. The quantitative estimate of drug-likeness (QED) is 0.817. The third kappa shape index (κ3) is 3.06. The minimum Gasteiger partial charge on any atom is -0.378 e. The molecule has 90 valence electrons. The Morgan fingerprint density at radius 3 is 3.19 bits per heavy atom. The third-order valence-corrected chi connectivity index (χ3v) is 3.25. The number of ether oxygens (including phenoxy) is 1. The number of aromatic nitrogens is 2. The van der Waals surface area contributed by atoms with Crippen LogP contribution >= 0.6 is 0 Å². The van der Waals surface area contributed by atoms with Crippen LogP contribution in [0.4, 0.5) is 0 Å². The monoisotopic (exact) mass is 223 g/mol. The van der Waals surface area contributed by atoms with Crippen molar-refractivity contribution in [2.75, 3.05) is 6.61 Å². The van der Waals surface area contributed by atoms with Crippen LogP contribution in [0.5, 0.6) is 0 Å². The molecule has 2 unspecified atom stereocenters. The number of hydrogen-bond donors (Lipinski definition) is 1. The van der Waals surface area contributed by atoms with Crippen LogP contribution < -0.4 is 5.73 Å². The molecular weight excluding hydrogens is 202 g/mol. The van der Waals surface area contributed by atoms with E-state index in [1.807, 2.05) is 24.0 Å². The van der Waals surface area contributed by atoms with Gasteiger partial charge in [-0.25, -0.2) is 4.98 Å². The molecule has 0 bridgehead atoms. The van der Waals surface area contributed by atoms with Crippen LogP contribution in [0.25, 0.3) is 0 Å². The van der Waals surface area contributed by atoms with E-state index in [-0.39, 0.29) is 6.04 Å². The van der Waals surface area contributed by atoms with Crippen LogP contribution in [0.3, 0.4) is 0 Å². The lowest BCUT2D eigenvalue weighted by Crippen LogP contribution is -2.26. The average molecular weight is 223 g/mol. The Kier molecular flexibility index (Phi) is 3.96. The fourth-order valence-corrected chi connectivity index (χ4v) is 2.20. The molecule has 0 amide bonds. The first kappa shape index (κ1) is 11.6. The minimum absolute atomic E-state index is 0.199. The van der Waals surface area contributed by atoms with E-state index in [1.165, 1.54) is 12.8 Å². The van der Waals surface area contributed by atoms with E-state index >= 15 is 0 Å². The second kappa shape index (κ2) is 5.46. The van der Waals surface area contributed by atoms with Gasteiger partial charge in [0.25, 0.3) is 0 Å². The summed E-state index contributed by atoms with van der Waals surface area (Å²) < 4.78 is 7.62. The Bertz CT molecular complexity index is 318. The number of nitrogens with zero attached hydrogens (tertiary/aromatic N) is 2. The molecule has 0 aliphatic carbocycles. The summed E-state index contributed by atoms with van der Waals surface area (Å²) in [5, 5.41) is 0. The summed E-state index contributed by atoms with van der Waals surface area (Å²) in [5.41, 5.74) is 6.10. The molecule has 0 spiro atoms. The van der Waals surface area contributed by atoms with Gasteiger partial charge in [-0.05, 0) is 25.7 Å². The van der Waals surface area contributed by atoms with Gasteiger partial charge in [0.2, 0.25) is 0 Å². The zero-order chi connectivity index (χ0) is 11.4. The molecule has 16 heavy (non-hydrogen) atoms. The van der Waals surface area contributed by atoms with Gasteiger partial charge in [0.1, 0.15) is 5.82 Å². The van der Waals surface area contributed by atoms with E-state index in [4.69, 9.17) is 10.5 Å². The normalized spacial score (nSPS) is 22.5. The second-order valence-corrected chi connectivity index (χ2v) is 4.63. The number of rotatable bonds is 5. The smallest absolute Gasteiger partial charge is 0.109 e. The summed E-state index contributed by atoms with van der Waals surface area (Å²) in [7, 11) is 2.01. The first-order chi connectivity index (χ1) is 7.75. The van der Waals surface area contributed by atoms with Gasteiger partial charge in [0.15, 0.2) is 0 Å². The average Bonchev–Trinajstić information content (AvgIpc) is 2.88. The highest BCUT2D eigenvalue weighted by molar-refractivity contribution is 4.94. The molecular formula is C12H21N3O. The maximum absolute atomic E-state index is 6.10. The summed E-state index contributed by atoms with van der Waals surface area (Å²) in [6, 6.07) is 0.199. The molecule has 1 aliphatic rings. The molecule has 4 heteroatoms. The topological polar surface area (TPSA) is 53.1 Å². The molecule has 0 saturated carbocycles. The molecule has 1 aromatic rings.